The van der Waals surface area contributed by atoms with Crippen molar-refractivity contribution in [2.24, 2.45) is 5.84 Å². The van der Waals surface area contributed by atoms with Crippen molar-refractivity contribution in [1.29, 1.82) is 0 Å². The van der Waals surface area contributed by atoms with Gasteiger partial charge in [0, 0.05) is 0 Å². The first-order valence-electron chi connectivity index (χ1n) is 3.85. The van der Waals surface area contributed by atoms with Crippen LogP contribution in [0.25, 0.3) is 0 Å². The van der Waals surface area contributed by atoms with Gasteiger partial charge in [-0.05, 0) is 12.1 Å². The van der Waals surface area contributed by atoms with Crippen LogP contribution in [0.4, 0.5) is 10.6 Å². The number of halogens is 1. The Kier molecular flexibility index (Phi) is 4.84. The molecule has 1 atom stereocenters. The SMILES string of the molecule is NN(C(=O)OP)c1cccc(C(=O)OI)n1. The average molecular weight is 355 g/mol. The van der Waals surface area contributed by atoms with Crippen LogP contribution in [-0.2, 0) is 7.59 Å². The van der Waals surface area contributed by atoms with Crippen LogP contribution in [0.3, 0.4) is 0 Å². The Morgan fingerprint density at radius 3 is 2.75 bits per heavy atom. The molecule has 0 aliphatic carbocycles. The fourth-order valence-electron chi connectivity index (χ4n) is 0.861. The van der Waals surface area contributed by atoms with E-state index in [1.54, 1.807) is 9.47 Å². The minimum atomic E-state index is -0.822. The van der Waals surface area contributed by atoms with Crippen LogP contribution in [0.1, 0.15) is 10.5 Å². The number of hydrogen-bond acceptors (Lipinski definition) is 6. The van der Waals surface area contributed by atoms with Gasteiger partial charge in [0.1, 0.15) is 0 Å². The number of aromatic nitrogens is 1. The monoisotopic (exact) mass is 355 g/mol. The van der Waals surface area contributed by atoms with Gasteiger partial charge in [0.05, 0.1) is 9.47 Å². The molecule has 1 heterocycles. The van der Waals surface area contributed by atoms with Gasteiger partial charge in [-0.1, -0.05) is 6.07 Å². The first kappa shape index (κ1) is 13.1. The Morgan fingerprint density at radius 1 is 1.50 bits per heavy atom. The number of rotatable bonds is 2. The molecule has 86 valence electrons. The third-order valence-electron chi connectivity index (χ3n) is 1.56. The lowest BCUT2D eigenvalue weighted by Gasteiger charge is -2.13. The van der Waals surface area contributed by atoms with Crippen LogP contribution < -0.4 is 10.9 Å². The van der Waals surface area contributed by atoms with Gasteiger partial charge in [-0.3, -0.25) is 0 Å². The molecule has 1 aromatic heterocycles. The smallest absolute Gasteiger partial charge is 0.432 e. The molecule has 0 radical (unpaired) electrons. The van der Waals surface area contributed by atoms with E-state index in [9.17, 15) is 9.59 Å². The zero-order chi connectivity index (χ0) is 12.1. The number of amides is 1. The average Bonchev–Trinajstić information content (AvgIpc) is 2.36. The lowest BCUT2D eigenvalue weighted by Crippen LogP contribution is -2.37. The molecule has 1 aromatic rings. The molecule has 0 saturated heterocycles. The molecule has 0 saturated carbocycles. The van der Waals surface area contributed by atoms with E-state index in [4.69, 9.17) is 5.84 Å². The number of hydrazine groups is 1. The molecule has 0 spiro atoms. The van der Waals surface area contributed by atoms with E-state index in [-0.39, 0.29) is 11.5 Å². The topological polar surface area (TPSA) is 94.8 Å². The Hall–Kier alpha value is -0.990. The number of nitrogens with zero attached hydrogens (tertiary/aromatic N) is 2. The third-order valence-corrected chi connectivity index (χ3v) is 2.16. The predicted octanol–water partition coefficient (Wildman–Crippen LogP) is 1.20. The number of nitrogens with two attached hydrogens (primary N) is 1. The largest absolute Gasteiger partial charge is 0.434 e. The van der Waals surface area contributed by atoms with Gasteiger partial charge in [0.2, 0.25) is 0 Å². The summed E-state index contributed by atoms with van der Waals surface area (Å²) >= 11 is 1.44. The first-order valence-corrected chi connectivity index (χ1v) is 5.21. The summed E-state index contributed by atoms with van der Waals surface area (Å²) in [4.78, 5) is 26.0. The summed E-state index contributed by atoms with van der Waals surface area (Å²) in [6, 6.07) is 4.40. The summed E-state index contributed by atoms with van der Waals surface area (Å²) in [5.74, 6) is 4.83. The zero-order valence-corrected chi connectivity index (χ0v) is 11.1. The molecule has 1 rings (SSSR count). The molecular weight excluding hydrogens is 348 g/mol. The number of hydrogen-bond donors (Lipinski definition) is 1. The van der Waals surface area contributed by atoms with Crippen molar-refractivity contribution >= 4 is 50.4 Å². The summed E-state index contributed by atoms with van der Waals surface area (Å²) in [6.07, 6.45) is -0.822. The lowest BCUT2D eigenvalue weighted by atomic mass is 10.3. The molecule has 0 aromatic carbocycles. The van der Waals surface area contributed by atoms with Crippen LogP contribution in [0, 0.1) is 0 Å². The molecule has 1 unspecified atom stereocenters. The summed E-state index contributed by atoms with van der Waals surface area (Å²) in [6.45, 7) is 0. The number of carbonyl (C=O) groups excluding carboxylic acids is 2. The maximum atomic E-state index is 11.2. The van der Waals surface area contributed by atoms with Gasteiger partial charge < -0.3 is 7.59 Å². The Balaban J connectivity index is 2.98. The number of anilines is 1. The highest BCUT2D eigenvalue weighted by Crippen LogP contribution is 2.11. The summed E-state index contributed by atoms with van der Waals surface area (Å²) in [5.41, 5.74) is 0.0407. The van der Waals surface area contributed by atoms with Gasteiger partial charge in [0.15, 0.2) is 34.5 Å². The van der Waals surface area contributed by atoms with Crippen molar-refractivity contribution in [3.63, 3.8) is 0 Å². The molecule has 16 heavy (non-hydrogen) atoms. The van der Waals surface area contributed by atoms with Crippen LogP contribution >= 0.6 is 32.5 Å². The summed E-state index contributed by atoms with van der Waals surface area (Å²) in [5, 5.41) is 0.664. The van der Waals surface area contributed by atoms with Crippen molar-refractivity contribution in [3.8, 4) is 0 Å². The van der Waals surface area contributed by atoms with Crippen LogP contribution in [0.5, 0.6) is 0 Å². The standard InChI is InChI=1S/C7H7IN3O4P/c8-14-6(12)4-2-1-3-5(10-4)11(9)7(13)15-16/h1-3H,9,16H2. The van der Waals surface area contributed by atoms with E-state index in [0.717, 1.165) is 0 Å². The van der Waals surface area contributed by atoms with Gasteiger partial charge in [0.25, 0.3) is 0 Å². The van der Waals surface area contributed by atoms with Gasteiger partial charge in [-0.2, -0.15) is 5.01 Å². The van der Waals surface area contributed by atoms with Crippen LogP contribution in [-0.4, -0.2) is 17.0 Å². The Bertz CT molecular complexity index is 416. The third kappa shape index (κ3) is 3.00. The van der Waals surface area contributed by atoms with Gasteiger partial charge >= 0.3 is 12.1 Å². The van der Waals surface area contributed by atoms with Crippen molar-refractivity contribution in [2.75, 3.05) is 5.01 Å². The van der Waals surface area contributed by atoms with Crippen molar-refractivity contribution in [1.82, 2.24) is 4.98 Å². The highest BCUT2D eigenvalue weighted by molar-refractivity contribution is 14.1. The van der Waals surface area contributed by atoms with E-state index in [0.29, 0.717) is 5.01 Å². The molecule has 9 heteroatoms. The molecule has 1 amide bonds. The molecule has 2 N–H and O–H groups in total. The highest BCUT2D eigenvalue weighted by Gasteiger charge is 2.15. The minimum absolute atomic E-state index is 0.0407. The van der Waals surface area contributed by atoms with E-state index in [1.165, 1.54) is 41.2 Å². The molecular formula is C7H7IN3O4P. The second kappa shape index (κ2) is 5.92. The van der Waals surface area contributed by atoms with E-state index in [1.807, 2.05) is 0 Å². The zero-order valence-electron chi connectivity index (χ0n) is 7.79. The number of pyridine rings is 1. The van der Waals surface area contributed by atoms with Crippen LogP contribution in [0.15, 0.2) is 18.2 Å². The van der Waals surface area contributed by atoms with E-state index in [2.05, 4.69) is 12.6 Å². The molecule has 0 aliphatic rings. The first-order chi connectivity index (χ1) is 7.60. The molecule has 0 fully saturated rings. The predicted molar refractivity (Wildman–Crippen MR) is 66.5 cm³/mol. The maximum absolute atomic E-state index is 11.2. The Labute approximate surface area is 107 Å². The maximum Gasteiger partial charge on any atom is 0.432 e. The van der Waals surface area contributed by atoms with Gasteiger partial charge in [-0.25, -0.2) is 20.4 Å². The quantitative estimate of drug-likeness (QED) is 0.282. The lowest BCUT2D eigenvalue weighted by molar-refractivity contribution is 0.0794. The van der Waals surface area contributed by atoms with Crippen molar-refractivity contribution in [3.05, 3.63) is 23.9 Å². The van der Waals surface area contributed by atoms with E-state index >= 15 is 0 Å². The Morgan fingerprint density at radius 2 is 2.19 bits per heavy atom. The fourth-order valence-corrected chi connectivity index (χ4v) is 1.20. The second-order valence-corrected chi connectivity index (χ2v) is 3.18. The summed E-state index contributed by atoms with van der Waals surface area (Å²) < 4.78 is 8.76. The van der Waals surface area contributed by atoms with Crippen molar-refractivity contribution < 1.29 is 17.2 Å². The minimum Gasteiger partial charge on any atom is -0.434 e. The van der Waals surface area contributed by atoms with Crippen LogP contribution in [0.2, 0.25) is 0 Å². The molecule has 0 aliphatic heterocycles. The highest BCUT2D eigenvalue weighted by atomic mass is 127. The number of carbonyl (C=O) groups is 2. The van der Waals surface area contributed by atoms with E-state index < -0.39 is 12.1 Å². The van der Waals surface area contributed by atoms with Crippen molar-refractivity contribution in [2.45, 2.75) is 0 Å². The molecule has 0 bridgehead atoms. The van der Waals surface area contributed by atoms with Gasteiger partial charge in [-0.15, -0.1) is 0 Å². The normalized spacial score (nSPS) is 9.44. The summed E-state index contributed by atoms with van der Waals surface area (Å²) in [7, 11) is 1.76. The second-order valence-electron chi connectivity index (χ2n) is 2.50. The fraction of sp³-hybridized carbons (Fsp3) is 0. The molecule has 7 nitrogen and oxygen atoms in total.